The summed E-state index contributed by atoms with van der Waals surface area (Å²) >= 11 is 4.72. The Morgan fingerprint density at radius 1 is 1.16 bits per heavy atom. The molecule has 0 unspecified atom stereocenters. The first-order chi connectivity index (χ1) is 15.5. The van der Waals surface area contributed by atoms with Crippen LogP contribution in [0.25, 0.3) is 6.08 Å². The molecule has 32 heavy (non-hydrogen) atoms. The fourth-order valence-electron chi connectivity index (χ4n) is 2.90. The van der Waals surface area contributed by atoms with Crippen molar-refractivity contribution in [1.29, 1.82) is 5.26 Å². The van der Waals surface area contributed by atoms with Crippen molar-refractivity contribution in [2.45, 2.75) is 6.61 Å². The highest BCUT2D eigenvalue weighted by Gasteiger charge is 2.24. The molecule has 158 valence electrons. The van der Waals surface area contributed by atoms with E-state index in [-0.39, 0.29) is 18.3 Å². The van der Waals surface area contributed by atoms with Crippen molar-refractivity contribution < 1.29 is 13.9 Å². The molecule has 0 saturated carbocycles. The minimum absolute atomic E-state index is 0.250. The third-order valence-corrected chi connectivity index (χ3v) is 6.01. The summed E-state index contributed by atoms with van der Waals surface area (Å²) in [6, 6.07) is 20.6. The van der Waals surface area contributed by atoms with E-state index in [2.05, 4.69) is 32.3 Å². The van der Waals surface area contributed by atoms with Gasteiger partial charge >= 0.3 is 0 Å². The standard InChI is InChI=1S/C24H15BrFN3O2S/c25-20-11-15(5-10-21(20)31-14-17-4-2-1-3-16(17)13-27)12-22-23(30)29-24(32-22)28-19-8-6-18(26)7-9-19/h1-12H,14H2,(H,28,29,30)/b22-12-. The molecule has 1 fully saturated rings. The molecule has 1 N–H and O–H groups in total. The van der Waals surface area contributed by atoms with E-state index >= 15 is 0 Å². The van der Waals surface area contributed by atoms with Crippen LogP contribution in [0.15, 0.2) is 81.1 Å². The maximum Gasteiger partial charge on any atom is 0.264 e. The van der Waals surface area contributed by atoms with Gasteiger partial charge in [0.2, 0.25) is 0 Å². The Morgan fingerprint density at radius 2 is 1.94 bits per heavy atom. The van der Waals surface area contributed by atoms with Crippen LogP contribution in [-0.2, 0) is 11.4 Å². The zero-order chi connectivity index (χ0) is 22.5. The van der Waals surface area contributed by atoms with Crippen molar-refractivity contribution in [3.63, 3.8) is 0 Å². The van der Waals surface area contributed by atoms with Crippen LogP contribution < -0.4 is 10.1 Å². The molecule has 3 aromatic rings. The number of aliphatic imine (C=N–C) groups is 1. The van der Waals surface area contributed by atoms with Crippen LogP contribution in [0.5, 0.6) is 5.75 Å². The Kier molecular flexibility index (Phi) is 6.69. The maximum absolute atomic E-state index is 13.0. The number of thioether (sulfide) groups is 1. The molecule has 1 aliphatic rings. The molecule has 0 spiro atoms. The Hall–Kier alpha value is -3.41. The average molecular weight is 508 g/mol. The average Bonchev–Trinajstić information content (AvgIpc) is 3.13. The quantitative estimate of drug-likeness (QED) is 0.434. The molecule has 3 aromatic carbocycles. The summed E-state index contributed by atoms with van der Waals surface area (Å²) < 4.78 is 19.6. The third kappa shape index (κ3) is 5.25. The summed E-state index contributed by atoms with van der Waals surface area (Å²) in [7, 11) is 0. The van der Waals surface area contributed by atoms with Gasteiger partial charge < -0.3 is 10.1 Å². The molecule has 0 aromatic heterocycles. The Balaban J connectivity index is 1.46. The van der Waals surface area contributed by atoms with Crippen molar-refractivity contribution in [3.8, 4) is 11.8 Å². The molecule has 1 amide bonds. The molecule has 5 nitrogen and oxygen atoms in total. The minimum Gasteiger partial charge on any atom is -0.488 e. The van der Waals surface area contributed by atoms with Crippen LogP contribution in [0.1, 0.15) is 16.7 Å². The van der Waals surface area contributed by atoms with Crippen LogP contribution >= 0.6 is 27.7 Å². The largest absolute Gasteiger partial charge is 0.488 e. The van der Waals surface area contributed by atoms with Crippen LogP contribution in [0.2, 0.25) is 0 Å². The lowest BCUT2D eigenvalue weighted by Crippen LogP contribution is -2.19. The maximum atomic E-state index is 13.0. The highest BCUT2D eigenvalue weighted by molar-refractivity contribution is 9.10. The molecule has 4 rings (SSSR count). The van der Waals surface area contributed by atoms with E-state index < -0.39 is 0 Å². The number of amides is 1. The highest BCUT2D eigenvalue weighted by atomic mass is 79.9. The molecule has 1 heterocycles. The zero-order valence-electron chi connectivity index (χ0n) is 16.5. The molecule has 0 aliphatic carbocycles. The van der Waals surface area contributed by atoms with Crippen LogP contribution in [0.3, 0.4) is 0 Å². The Morgan fingerprint density at radius 3 is 2.69 bits per heavy atom. The molecule has 1 aliphatic heterocycles. The van der Waals surface area contributed by atoms with Crippen molar-refractivity contribution in [3.05, 3.63) is 98.6 Å². The van der Waals surface area contributed by atoms with Crippen LogP contribution in [-0.4, -0.2) is 11.1 Å². The van der Waals surface area contributed by atoms with Gasteiger partial charge in [-0.1, -0.05) is 24.3 Å². The monoisotopic (exact) mass is 507 g/mol. The summed E-state index contributed by atoms with van der Waals surface area (Å²) in [6.07, 6.45) is 1.76. The van der Waals surface area contributed by atoms with Crippen LogP contribution in [0, 0.1) is 17.1 Å². The molecule has 0 radical (unpaired) electrons. The van der Waals surface area contributed by atoms with E-state index in [4.69, 9.17) is 4.74 Å². The van der Waals surface area contributed by atoms with Crippen molar-refractivity contribution >= 4 is 50.5 Å². The van der Waals surface area contributed by atoms with E-state index in [0.717, 1.165) is 15.6 Å². The predicted octanol–water partition coefficient (Wildman–Crippen LogP) is 5.93. The molecule has 0 atom stereocenters. The third-order valence-electron chi connectivity index (χ3n) is 4.48. The number of nitrogens with one attached hydrogen (secondary N) is 1. The van der Waals surface area contributed by atoms with E-state index in [1.807, 2.05) is 30.3 Å². The number of amidine groups is 1. The van der Waals surface area contributed by atoms with Gasteiger partial charge in [-0.15, -0.1) is 0 Å². The number of rotatable bonds is 5. The lowest BCUT2D eigenvalue weighted by molar-refractivity contribution is -0.115. The molecular weight excluding hydrogens is 493 g/mol. The first kappa shape index (κ1) is 21.8. The normalized spacial score (nSPS) is 15.6. The summed E-state index contributed by atoms with van der Waals surface area (Å²) in [4.78, 5) is 17.1. The van der Waals surface area contributed by atoms with E-state index in [1.165, 1.54) is 23.9 Å². The Bertz CT molecular complexity index is 1280. The second kappa shape index (κ2) is 9.81. The van der Waals surface area contributed by atoms with Gasteiger partial charge in [-0.3, -0.25) is 4.79 Å². The van der Waals surface area contributed by atoms with Gasteiger partial charge in [0.1, 0.15) is 18.2 Å². The van der Waals surface area contributed by atoms with Crippen molar-refractivity contribution in [1.82, 2.24) is 5.32 Å². The summed E-state index contributed by atoms with van der Waals surface area (Å²) in [5, 5.41) is 12.3. The van der Waals surface area contributed by atoms with Gasteiger partial charge in [-0.25, -0.2) is 9.38 Å². The van der Waals surface area contributed by atoms with E-state index in [9.17, 15) is 14.4 Å². The first-order valence-corrected chi connectivity index (χ1v) is 11.1. The molecule has 0 bridgehead atoms. The van der Waals surface area contributed by atoms with E-state index in [0.29, 0.717) is 27.1 Å². The van der Waals surface area contributed by atoms with Crippen molar-refractivity contribution in [2.24, 2.45) is 4.99 Å². The van der Waals surface area contributed by atoms with E-state index in [1.54, 1.807) is 30.3 Å². The lowest BCUT2D eigenvalue weighted by Gasteiger charge is -2.10. The highest BCUT2D eigenvalue weighted by Crippen LogP contribution is 2.31. The number of hydrogen-bond donors (Lipinski definition) is 1. The summed E-state index contributed by atoms with van der Waals surface area (Å²) in [6.45, 7) is 0.268. The fraction of sp³-hybridized carbons (Fsp3) is 0.0417. The predicted molar refractivity (Wildman–Crippen MR) is 127 cm³/mol. The van der Waals surface area contributed by atoms with Crippen molar-refractivity contribution in [2.75, 3.05) is 0 Å². The van der Waals surface area contributed by atoms with Gasteiger partial charge in [-0.05, 0) is 81.8 Å². The van der Waals surface area contributed by atoms with Gasteiger partial charge in [-0.2, -0.15) is 5.26 Å². The second-order valence-electron chi connectivity index (χ2n) is 6.71. The lowest BCUT2D eigenvalue weighted by atomic mass is 10.1. The number of nitriles is 1. The number of benzene rings is 3. The number of ether oxygens (including phenoxy) is 1. The number of carbonyl (C=O) groups is 1. The van der Waals surface area contributed by atoms with Gasteiger partial charge in [0.15, 0.2) is 5.17 Å². The first-order valence-electron chi connectivity index (χ1n) is 9.47. The summed E-state index contributed by atoms with van der Waals surface area (Å²) in [5.41, 5.74) is 2.74. The van der Waals surface area contributed by atoms with Gasteiger partial charge in [0.25, 0.3) is 5.91 Å². The number of carbonyl (C=O) groups excluding carboxylic acids is 1. The minimum atomic E-state index is -0.343. The fourth-order valence-corrected chi connectivity index (χ4v) is 4.25. The van der Waals surface area contributed by atoms with Gasteiger partial charge in [0.05, 0.1) is 26.7 Å². The second-order valence-corrected chi connectivity index (χ2v) is 8.59. The molecule has 8 heteroatoms. The topological polar surface area (TPSA) is 74.5 Å². The number of nitrogens with zero attached hydrogens (tertiary/aromatic N) is 2. The zero-order valence-corrected chi connectivity index (χ0v) is 18.9. The smallest absolute Gasteiger partial charge is 0.264 e. The van der Waals surface area contributed by atoms with Crippen LogP contribution in [0.4, 0.5) is 10.1 Å². The number of halogens is 2. The Labute approximate surface area is 196 Å². The van der Waals surface area contributed by atoms with Gasteiger partial charge in [0, 0.05) is 5.56 Å². The SMILES string of the molecule is N#Cc1ccccc1COc1ccc(/C=C2\SC(=Nc3ccc(F)cc3)NC2=O)cc1Br. The summed E-state index contributed by atoms with van der Waals surface area (Å²) in [5.74, 6) is 0.0346. The molecular formula is C24H15BrFN3O2S. The molecule has 1 saturated heterocycles. The number of hydrogen-bond acceptors (Lipinski definition) is 5.